The minimum Gasteiger partial charge on any atom is -0.366 e. The summed E-state index contributed by atoms with van der Waals surface area (Å²) >= 11 is 0. The van der Waals surface area contributed by atoms with Gasteiger partial charge in [-0.15, -0.1) is 0 Å². The minimum atomic E-state index is -0.446. The summed E-state index contributed by atoms with van der Waals surface area (Å²) < 4.78 is 0. The zero-order valence-corrected chi connectivity index (χ0v) is 9.53. The number of carbonyl (C=O) groups excluding carboxylic acids is 1. The van der Waals surface area contributed by atoms with Crippen molar-refractivity contribution >= 4 is 16.9 Å². The average Bonchev–Trinajstić information content (AvgIpc) is 2.59. The number of hydrogen-bond donors (Lipinski definition) is 2. The maximum absolute atomic E-state index is 11.4. The van der Waals surface area contributed by atoms with Crippen LogP contribution in [-0.4, -0.2) is 21.1 Å². The number of aromatic amines is 1. The molecule has 0 bridgehead atoms. The molecule has 0 atom stereocenters. The monoisotopic (exact) mass is 218 g/mol. The highest BCUT2D eigenvalue weighted by Crippen LogP contribution is 2.22. The van der Waals surface area contributed by atoms with Crippen molar-refractivity contribution in [1.82, 2.24) is 15.2 Å². The molecule has 5 heteroatoms. The third-order valence-electron chi connectivity index (χ3n) is 2.58. The van der Waals surface area contributed by atoms with Crippen LogP contribution < -0.4 is 5.73 Å². The largest absolute Gasteiger partial charge is 0.366 e. The van der Waals surface area contributed by atoms with E-state index in [0.29, 0.717) is 11.2 Å². The Morgan fingerprint density at radius 2 is 2.19 bits per heavy atom. The normalized spacial score (nSPS) is 11.2. The number of aromatic nitrogens is 3. The smallest absolute Gasteiger partial charge is 0.249 e. The molecule has 0 unspecified atom stereocenters. The molecule has 0 aliphatic rings. The lowest BCUT2D eigenvalue weighted by molar-refractivity contribution is 0.100. The van der Waals surface area contributed by atoms with Crippen molar-refractivity contribution in [2.24, 2.45) is 5.73 Å². The molecule has 3 N–H and O–H groups in total. The van der Waals surface area contributed by atoms with Gasteiger partial charge in [-0.1, -0.05) is 13.8 Å². The molecule has 0 radical (unpaired) electrons. The number of H-pyrrole nitrogens is 1. The van der Waals surface area contributed by atoms with Crippen molar-refractivity contribution < 1.29 is 4.79 Å². The Bertz CT molecular complexity index is 556. The maximum Gasteiger partial charge on any atom is 0.249 e. The minimum absolute atomic E-state index is 0.236. The topological polar surface area (TPSA) is 84.7 Å². The molecule has 0 saturated carbocycles. The summed E-state index contributed by atoms with van der Waals surface area (Å²) in [5.41, 5.74) is 8.05. The van der Waals surface area contributed by atoms with Gasteiger partial charge in [0.25, 0.3) is 0 Å². The van der Waals surface area contributed by atoms with E-state index in [4.69, 9.17) is 5.73 Å². The third kappa shape index (κ3) is 1.54. The lowest BCUT2D eigenvalue weighted by Gasteiger charge is -2.06. The average molecular weight is 218 g/mol. The Kier molecular flexibility index (Phi) is 2.38. The van der Waals surface area contributed by atoms with Gasteiger partial charge in [-0.3, -0.25) is 9.89 Å². The molecule has 2 aromatic rings. The summed E-state index contributed by atoms with van der Waals surface area (Å²) in [6.45, 7) is 5.87. The zero-order valence-electron chi connectivity index (χ0n) is 9.53. The fraction of sp³-hybridized carbons (Fsp3) is 0.364. The van der Waals surface area contributed by atoms with Crippen molar-refractivity contribution in [1.29, 1.82) is 0 Å². The Morgan fingerprint density at radius 3 is 2.75 bits per heavy atom. The van der Waals surface area contributed by atoms with Crippen LogP contribution in [0.5, 0.6) is 0 Å². The molecule has 0 fully saturated rings. The van der Waals surface area contributed by atoms with E-state index >= 15 is 0 Å². The van der Waals surface area contributed by atoms with Gasteiger partial charge in [0.2, 0.25) is 5.91 Å². The first-order valence-corrected chi connectivity index (χ1v) is 5.16. The zero-order chi connectivity index (χ0) is 11.9. The van der Waals surface area contributed by atoms with E-state index in [-0.39, 0.29) is 5.92 Å². The fourth-order valence-corrected chi connectivity index (χ4v) is 1.68. The first kappa shape index (κ1) is 10.6. The quantitative estimate of drug-likeness (QED) is 0.800. The van der Waals surface area contributed by atoms with Crippen LogP contribution in [0.15, 0.2) is 6.07 Å². The van der Waals surface area contributed by atoms with Crippen LogP contribution in [0.3, 0.4) is 0 Å². The van der Waals surface area contributed by atoms with Crippen molar-refractivity contribution in [3.63, 3.8) is 0 Å². The summed E-state index contributed by atoms with van der Waals surface area (Å²) in [5.74, 6) is -0.210. The van der Waals surface area contributed by atoms with Crippen molar-refractivity contribution in [2.45, 2.75) is 26.7 Å². The Hall–Kier alpha value is -1.91. The molecule has 84 valence electrons. The SMILES string of the molecule is Cc1[nH]nc2nc(C(C)C)cc(C(N)=O)c12. The Labute approximate surface area is 93.1 Å². The van der Waals surface area contributed by atoms with Crippen molar-refractivity contribution in [3.8, 4) is 0 Å². The molecule has 2 aromatic heterocycles. The number of primary amides is 1. The number of carbonyl (C=O) groups is 1. The standard InChI is InChI=1S/C11H14N4O/c1-5(2)8-4-7(10(12)16)9-6(3)14-15-11(9)13-8/h4-5H,1-3H3,(H2,12,16)(H,13,14,15). The number of aryl methyl sites for hydroxylation is 1. The summed E-state index contributed by atoms with van der Waals surface area (Å²) in [4.78, 5) is 15.8. The lowest BCUT2D eigenvalue weighted by Crippen LogP contribution is -2.13. The first-order valence-electron chi connectivity index (χ1n) is 5.16. The van der Waals surface area contributed by atoms with E-state index < -0.39 is 5.91 Å². The van der Waals surface area contributed by atoms with E-state index in [9.17, 15) is 4.79 Å². The van der Waals surface area contributed by atoms with Gasteiger partial charge < -0.3 is 5.73 Å². The number of fused-ring (bicyclic) bond motifs is 1. The highest BCUT2D eigenvalue weighted by atomic mass is 16.1. The van der Waals surface area contributed by atoms with Gasteiger partial charge >= 0.3 is 0 Å². The third-order valence-corrected chi connectivity index (χ3v) is 2.58. The molecule has 5 nitrogen and oxygen atoms in total. The molecule has 2 heterocycles. The second-order valence-electron chi connectivity index (χ2n) is 4.16. The lowest BCUT2D eigenvalue weighted by atomic mass is 10.0. The molecule has 1 amide bonds. The second kappa shape index (κ2) is 3.59. The maximum atomic E-state index is 11.4. The molecule has 2 rings (SSSR count). The fourth-order valence-electron chi connectivity index (χ4n) is 1.68. The van der Waals surface area contributed by atoms with E-state index in [1.165, 1.54) is 0 Å². The Balaban J connectivity index is 2.81. The number of nitrogens with two attached hydrogens (primary N) is 1. The highest BCUT2D eigenvalue weighted by molar-refractivity contribution is 6.05. The molecular formula is C11H14N4O. The molecule has 0 saturated heterocycles. The van der Waals surface area contributed by atoms with Crippen LogP contribution in [0, 0.1) is 6.92 Å². The van der Waals surface area contributed by atoms with Crippen LogP contribution in [0.2, 0.25) is 0 Å². The van der Waals surface area contributed by atoms with Gasteiger partial charge in [0.1, 0.15) is 0 Å². The van der Waals surface area contributed by atoms with Gasteiger partial charge in [-0.25, -0.2) is 4.98 Å². The van der Waals surface area contributed by atoms with E-state index in [2.05, 4.69) is 15.2 Å². The number of hydrogen-bond acceptors (Lipinski definition) is 3. The van der Waals surface area contributed by atoms with Gasteiger partial charge in [-0.05, 0) is 18.9 Å². The number of pyridine rings is 1. The van der Waals surface area contributed by atoms with E-state index in [1.807, 2.05) is 20.8 Å². The molecular weight excluding hydrogens is 204 g/mol. The van der Waals surface area contributed by atoms with Crippen molar-refractivity contribution in [2.75, 3.05) is 0 Å². The number of nitrogens with one attached hydrogen (secondary N) is 1. The summed E-state index contributed by atoms with van der Waals surface area (Å²) in [5, 5.41) is 7.60. The van der Waals surface area contributed by atoms with Crippen molar-refractivity contribution in [3.05, 3.63) is 23.0 Å². The van der Waals surface area contributed by atoms with Gasteiger partial charge in [0.05, 0.1) is 10.9 Å². The van der Waals surface area contributed by atoms with Crippen LogP contribution in [0.25, 0.3) is 11.0 Å². The first-order chi connectivity index (χ1) is 7.50. The van der Waals surface area contributed by atoms with Gasteiger partial charge in [0.15, 0.2) is 5.65 Å². The molecule has 16 heavy (non-hydrogen) atoms. The van der Waals surface area contributed by atoms with Crippen LogP contribution in [0.1, 0.15) is 41.5 Å². The van der Waals surface area contributed by atoms with Crippen LogP contribution >= 0.6 is 0 Å². The second-order valence-corrected chi connectivity index (χ2v) is 4.16. The molecule has 0 aliphatic carbocycles. The number of nitrogens with zero attached hydrogens (tertiary/aromatic N) is 2. The van der Waals surface area contributed by atoms with E-state index in [0.717, 1.165) is 16.8 Å². The van der Waals surface area contributed by atoms with E-state index in [1.54, 1.807) is 6.07 Å². The van der Waals surface area contributed by atoms with Gasteiger partial charge in [-0.2, -0.15) is 5.10 Å². The predicted octanol–water partition coefficient (Wildman–Crippen LogP) is 1.49. The molecule has 0 aromatic carbocycles. The number of amides is 1. The summed E-state index contributed by atoms with van der Waals surface area (Å²) in [6, 6.07) is 1.75. The van der Waals surface area contributed by atoms with Gasteiger partial charge in [0, 0.05) is 11.4 Å². The summed E-state index contributed by atoms with van der Waals surface area (Å²) in [7, 11) is 0. The predicted molar refractivity (Wildman–Crippen MR) is 61.2 cm³/mol. The van der Waals surface area contributed by atoms with Crippen LogP contribution in [0.4, 0.5) is 0 Å². The van der Waals surface area contributed by atoms with Crippen LogP contribution in [-0.2, 0) is 0 Å². The summed E-state index contributed by atoms with van der Waals surface area (Å²) in [6.07, 6.45) is 0. The highest BCUT2D eigenvalue weighted by Gasteiger charge is 2.15. The number of rotatable bonds is 2. The molecule has 0 spiro atoms. The molecule has 0 aliphatic heterocycles. The Morgan fingerprint density at radius 1 is 1.50 bits per heavy atom.